The number of hydrogen-bond acceptors (Lipinski definition) is 3. The van der Waals surface area contributed by atoms with Gasteiger partial charge in [-0.2, -0.15) is 9.65 Å². The van der Waals surface area contributed by atoms with E-state index in [0.29, 0.717) is 12.0 Å². The molecule has 1 fully saturated rings. The van der Waals surface area contributed by atoms with Crippen LogP contribution in [0.3, 0.4) is 0 Å². The standard InChI is InChI=1S/C22H23F2NO2/c1-2-26-19-10-7-17(8-11-19)16-5-3-15(4-6-16)14-27-20-12-9-18(13-25)21(23)22(20)24/h3-6,9,12,17,19H,2,7-8,10-11,14H2,1H3. The molecule has 0 amide bonds. The second-order valence-corrected chi connectivity index (χ2v) is 6.81. The molecule has 0 unspecified atom stereocenters. The van der Waals surface area contributed by atoms with E-state index in [9.17, 15) is 8.78 Å². The third kappa shape index (κ3) is 4.64. The molecule has 0 bridgehead atoms. The van der Waals surface area contributed by atoms with Crippen molar-refractivity contribution in [3.63, 3.8) is 0 Å². The fourth-order valence-corrected chi connectivity index (χ4v) is 3.58. The van der Waals surface area contributed by atoms with E-state index in [4.69, 9.17) is 14.7 Å². The Bertz CT molecular complexity index is 806. The minimum Gasteiger partial charge on any atom is -0.486 e. The van der Waals surface area contributed by atoms with Gasteiger partial charge in [-0.3, -0.25) is 0 Å². The van der Waals surface area contributed by atoms with Crippen LogP contribution in [0.4, 0.5) is 8.78 Å². The first-order valence-electron chi connectivity index (χ1n) is 9.33. The molecule has 142 valence electrons. The largest absolute Gasteiger partial charge is 0.486 e. The monoisotopic (exact) mass is 371 g/mol. The van der Waals surface area contributed by atoms with Gasteiger partial charge in [0.2, 0.25) is 5.82 Å². The van der Waals surface area contributed by atoms with E-state index in [1.807, 2.05) is 19.1 Å². The predicted molar refractivity (Wildman–Crippen MR) is 98.5 cm³/mol. The Labute approximate surface area is 158 Å². The van der Waals surface area contributed by atoms with Crippen molar-refractivity contribution >= 4 is 0 Å². The highest BCUT2D eigenvalue weighted by Crippen LogP contribution is 2.34. The Hall–Kier alpha value is -2.45. The van der Waals surface area contributed by atoms with Gasteiger partial charge in [0, 0.05) is 6.61 Å². The summed E-state index contributed by atoms with van der Waals surface area (Å²) in [4.78, 5) is 0. The zero-order valence-corrected chi connectivity index (χ0v) is 15.4. The van der Waals surface area contributed by atoms with Crippen LogP contribution in [0.5, 0.6) is 5.75 Å². The average molecular weight is 371 g/mol. The summed E-state index contributed by atoms with van der Waals surface area (Å²) < 4.78 is 38.6. The van der Waals surface area contributed by atoms with Crippen molar-refractivity contribution in [2.24, 2.45) is 0 Å². The van der Waals surface area contributed by atoms with E-state index in [-0.39, 0.29) is 17.9 Å². The van der Waals surface area contributed by atoms with Crippen LogP contribution in [0.2, 0.25) is 0 Å². The number of hydrogen-bond donors (Lipinski definition) is 0. The molecule has 0 heterocycles. The number of nitrogens with zero attached hydrogens (tertiary/aromatic N) is 1. The summed E-state index contributed by atoms with van der Waals surface area (Å²) in [5.41, 5.74) is 1.85. The maximum Gasteiger partial charge on any atom is 0.202 e. The van der Waals surface area contributed by atoms with Gasteiger partial charge in [0.1, 0.15) is 12.7 Å². The normalized spacial score (nSPS) is 19.5. The molecular weight excluding hydrogens is 348 g/mol. The summed E-state index contributed by atoms with van der Waals surface area (Å²) in [6.45, 7) is 2.94. The summed E-state index contributed by atoms with van der Waals surface area (Å²) in [5, 5.41) is 8.71. The molecule has 2 aromatic rings. The molecule has 0 N–H and O–H groups in total. The quantitative estimate of drug-likeness (QED) is 0.675. The molecule has 3 rings (SSSR count). The Morgan fingerprint density at radius 1 is 1.00 bits per heavy atom. The molecule has 1 aliphatic carbocycles. The first-order chi connectivity index (χ1) is 13.1. The van der Waals surface area contributed by atoms with Crippen LogP contribution in [0.1, 0.15) is 55.2 Å². The lowest BCUT2D eigenvalue weighted by Gasteiger charge is -2.28. The van der Waals surface area contributed by atoms with Crippen molar-refractivity contribution in [3.8, 4) is 11.8 Å². The maximum atomic E-state index is 13.9. The molecular formula is C22H23F2NO2. The van der Waals surface area contributed by atoms with Crippen molar-refractivity contribution in [2.75, 3.05) is 6.61 Å². The molecule has 2 aromatic carbocycles. The fourth-order valence-electron chi connectivity index (χ4n) is 3.58. The highest BCUT2D eigenvalue weighted by atomic mass is 19.2. The lowest BCUT2D eigenvalue weighted by Crippen LogP contribution is -2.20. The third-order valence-corrected chi connectivity index (χ3v) is 5.09. The zero-order chi connectivity index (χ0) is 19.2. The first kappa shape index (κ1) is 19.3. The van der Waals surface area contributed by atoms with Crippen molar-refractivity contribution in [1.82, 2.24) is 0 Å². The molecule has 0 radical (unpaired) electrons. The van der Waals surface area contributed by atoms with Gasteiger partial charge in [0.15, 0.2) is 11.6 Å². The highest BCUT2D eigenvalue weighted by Gasteiger charge is 2.22. The minimum atomic E-state index is -1.17. The number of ether oxygens (including phenoxy) is 2. The predicted octanol–water partition coefficient (Wildman–Crippen LogP) is 5.48. The summed E-state index contributed by atoms with van der Waals surface area (Å²) in [5.74, 6) is -1.95. The van der Waals surface area contributed by atoms with Crippen molar-refractivity contribution < 1.29 is 18.3 Å². The maximum absolute atomic E-state index is 13.9. The molecule has 1 aliphatic rings. The molecule has 1 saturated carbocycles. The highest BCUT2D eigenvalue weighted by molar-refractivity contribution is 5.38. The molecule has 27 heavy (non-hydrogen) atoms. The van der Waals surface area contributed by atoms with Crippen LogP contribution < -0.4 is 4.74 Å². The number of rotatable bonds is 6. The van der Waals surface area contributed by atoms with Gasteiger partial charge in [-0.1, -0.05) is 24.3 Å². The van der Waals surface area contributed by atoms with Crippen LogP contribution >= 0.6 is 0 Å². The summed E-state index contributed by atoms with van der Waals surface area (Å²) in [6, 6.07) is 12.2. The van der Waals surface area contributed by atoms with Crippen molar-refractivity contribution in [1.29, 1.82) is 5.26 Å². The second kappa shape index (κ2) is 8.96. The van der Waals surface area contributed by atoms with Crippen LogP contribution in [-0.4, -0.2) is 12.7 Å². The average Bonchev–Trinajstić information content (AvgIpc) is 2.70. The van der Waals surface area contributed by atoms with Crippen molar-refractivity contribution in [3.05, 3.63) is 64.7 Å². The van der Waals surface area contributed by atoms with E-state index in [1.165, 1.54) is 17.7 Å². The topological polar surface area (TPSA) is 42.2 Å². The Morgan fingerprint density at radius 2 is 1.70 bits per heavy atom. The third-order valence-electron chi connectivity index (χ3n) is 5.09. The molecule has 0 atom stereocenters. The summed E-state index contributed by atoms with van der Waals surface area (Å²) >= 11 is 0. The van der Waals surface area contributed by atoms with E-state index < -0.39 is 11.6 Å². The van der Waals surface area contributed by atoms with Crippen LogP contribution in [0, 0.1) is 23.0 Å². The van der Waals surface area contributed by atoms with E-state index in [0.717, 1.165) is 37.9 Å². The van der Waals surface area contributed by atoms with E-state index >= 15 is 0 Å². The van der Waals surface area contributed by atoms with E-state index in [1.54, 1.807) is 6.07 Å². The van der Waals surface area contributed by atoms with E-state index in [2.05, 4.69) is 12.1 Å². The van der Waals surface area contributed by atoms with Gasteiger partial charge in [-0.05, 0) is 61.8 Å². The zero-order valence-electron chi connectivity index (χ0n) is 15.4. The molecule has 0 spiro atoms. The first-order valence-corrected chi connectivity index (χ1v) is 9.33. The van der Waals surface area contributed by atoms with Gasteiger partial charge in [0.05, 0.1) is 11.7 Å². The van der Waals surface area contributed by atoms with Gasteiger partial charge in [-0.25, -0.2) is 4.39 Å². The summed E-state index contributed by atoms with van der Waals surface area (Å²) in [7, 11) is 0. The Balaban J connectivity index is 1.57. The second-order valence-electron chi connectivity index (χ2n) is 6.81. The molecule has 0 saturated heterocycles. The van der Waals surface area contributed by atoms with Gasteiger partial charge >= 0.3 is 0 Å². The number of halogens is 2. The fraction of sp³-hybridized carbons (Fsp3) is 0.409. The molecule has 3 nitrogen and oxygen atoms in total. The van der Waals surface area contributed by atoms with Crippen molar-refractivity contribution in [2.45, 2.75) is 51.2 Å². The minimum absolute atomic E-state index is 0.139. The Morgan fingerprint density at radius 3 is 2.33 bits per heavy atom. The lowest BCUT2D eigenvalue weighted by atomic mass is 9.82. The SMILES string of the molecule is CCOC1CCC(c2ccc(COc3ccc(C#N)c(F)c3F)cc2)CC1. The number of nitriles is 1. The van der Waals surface area contributed by atoms with Crippen LogP contribution in [0.15, 0.2) is 36.4 Å². The Kier molecular flexibility index (Phi) is 6.41. The smallest absolute Gasteiger partial charge is 0.202 e. The molecule has 0 aliphatic heterocycles. The number of benzene rings is 2. The summed E-state index contributed by atoms with van der Waals surface area (Å²) in [6.07, 6.45) is 4.81. The lowest BCUT2D eigenvalue weighted by molar-refractivity contribution is 0.0328. The van der Waals surface area contributed by atoms with Gasteiger partial charge in [0.25, 0.3) is 0 Å². The molecule has 0 aromatic heterocycles. The molecule has 5 heteroatoms. The van der Waals surface area contributed by atoms with Gasteiger partial charge in [-0.15, -0.1) is 0 Å². The van der Waals surface area contributed by atoms with Crippen LogP contribution in [0.25, 0.3) is 0 Å². The van der Waals surface area contributed by atoms with Gasteiger partial charge < -0.3 is 9.47 Å². The van der Waals surface area contributed by atoms with Crippen LogP contribution in [-0.2, 0) is 11.3 Å².